The third-order valence-corrected chi connectivity index (χ3v) is 7.30. The van der Waals surface area contributed by atoms with E-state index in [0.717, 1.165) is 64.6 Å². The van der Waals surface area contributed by atoms with Gasteiger partial charge in [-0.3, -0.25) is 9.79 Å². The molecule has 1 amide bonds. The monoisotopic (exact) mass is 520 g/mol. The van der Waals surface area contributed by atoms with Crippen LogP contribution in [0.1, 0.15) is 51.9 Å². The van der Waals surface area contributed by atoms with Crippen molar-refractivity contribution in [2.75, 3.05) is 46.4 Å². The molecule has 4 rings (SSSR count). The van der Waals surface area contributed by atoms with E-state index in [0.29, 0.717) is 17.6 Å². The molecule has 2 aliphatic carbocycles. The van der Waals surface area contributed by atoms with Gasteiger partial charge in [-0.25, -0.2) is 0 Å². The number of guanidine groups is 1. The predicted molar refractivity (Wildman–Crippen MR) is 124 cm³/mol. The summed E-state index contributed by atoms with van der Waals surface area (Å²) in [4.78, 5) is 21.4. The molecular weight excluding hydrogens is 483 g/mol. The van der Waals surface area contributed by atoms with Gasteiger partial charge in [0, 0.05) is 57.9 Å². The highest BCUT2D eigenvalue weighted by atomic mass is 127. The van der Waals surface area contributed by atoms with Gasteiger partial charge in [-0.15, -0.1) is 24.0 Å². The van der Waals surface area contributed by atoms with Crippen LogP contribution in [-0.4, -0.2) is 86.4 Å². The summed E-state index contributed by atoms with van der Waals surface area (Å²) in [6.07, 6.45) is 8.27. The third-order valence-electron chi connectivity index (χ3n) is 7.30. The Morgan fingerprint density at radius 1 is 1.17 bits per heavy atom. The summed E-state index contributed by atoms with van der Waals surface area (Å²) >= 11 is 0. The lowest BCUT2D eigenvalue weighted by Gasteiger charge is -2.55. The van der Waals surface area contributed by atoms with Crippen LogP contribution in [0.4, 0.5) is 0 Å². The number of hydrogen-bond donors (Lipinski definition) is 1. The summed E-state index contributed by atoms with van der Waals surface area (Å²) in [5.41, 5.74) is 0.295. The Morgan fingerprint density at radius 2 is 1.86 bits per heavy atom. The first-order valence-corrected chi connectivity index (χ1v) is 11.2. The van der Waals surface area contributed by atoms with E-state index < -0.39 is 0 Å². The molecule has 1 N–H and O–H groups in total. The summed E-state index contributed by atoms with van der Waals surface area (Å²) < 4.78 is 11.6. The maximum absolute atomic E-state index is 12.6. The normalized spacial score (nSPS) is 31.5. The summed E-state index contributed by atoms with van der Waals surface area (Å²) in [5.74, 6) is 1.15. The SMILES string of the molecule is CCOC1CC(NC(=NC)N2CCN(C(=O)C3CCCO3)CC2)C12CCCC2.I. The lowest BCUT2D eigenvalue weighted by atomic mass is 9.60. The molecule has 4 aliphatic rings. The van der Waals surface area contributed by atoms with E-state index >= 15 is 0 Å². The van der Waals surface area contributed by atoms with E-state index in [1.165, 1.54) is 25.7 Å². The number of hydrogen-bond acceptors (Lipinski definition) is 4. The number of rotatable bonds is 4. The molecule has 0 bridgehead atoms. The van der Waals surface area contributed by atoms with E-state index in [1.807, 2.05) is 11.9 Å². The second-order valence-corrected chi connectivity index (χ2v) is 8.68. The van der Waals surface area contributed by atoms with E-state index in [9.17, 15) is 4.79 Å². The van der Waals surface area contributed by atoms with Crippen LogP contribution in [0.3, 0.4) is 0 Å². The van der Waals surface area contributed by atoms with E-state index in [2.05, 4.69) is 22.1 Å². The van der Waals surface area contributed by atoms with Crippen LogP contribution in [-0.2, 0) is 14.3 Å². The van der Waals surface area contributed by atoms with Gasteiger partial charge in [-0.05, 0) is 39.0 Å². The van der Waals surface area contributed by atoms with Gasteiger partial charge in [-0.1, -0.05) is 12.8 Å². The zero-order valence-electron chi connectivity index (χ0n) is 17.9. The first kappa shape index (κ1) is 23.1. The van der Waals surface area contributed by atoms with Gasteiger partial charge in [0.25, 0.3) is 5.91 Å². The molecule has 0 aromatic rings. The lowest BCUT2D eigenvalue weighted by Crippen LogP contribution is -2.66. The summed E-state index contributed by atoms with van der Waals surface area (Å²) in [6.45, 7) is 6.76. The number of carbonyl (C=O) groups excluding carboxylic acids is 1. The summed E-state index contributed by atoms with van der Waals surface area (Å²) in [5, 5.41) is 3.76. The first-order valence-electron chi connectivity index (χ1n) is 11.2. The van der Waals surface area contributed by atoms with Crippen molar-refractivity contribution in [3.8, 4) is 0 Å². The predicted octanol–water partition coefficient (Wildman–Crippen LogP) is 2.24. The van der Waals surface area contributed by atoms with Gasteiger partial charge >= 0.3 is 0 Å². The molecule has 2 saturated heterocycles. The molecule has 7 nitrogen and oxygen atoms in total. The molecule has 2 heterocycles. The van der Waals surface area contributed by atoms with Gasteiger partial charge in [-0.2, -0.15) is 0 Å². The Kier molecular flexibility index (Phi) is 8.06. The van der Waals surface area contributed by atoms with Crippen molar-refractivity contribution in [3.05, 3.63) is 0 Å². The van der Waals surface area contributed by atoms with Crippen LogP contribution in [0.5, 0.6) is 0 Å². The third kappa shape index (κ3) is 4.54. The van der Waals surface area contributed by atoms with Crippen LogP contribution in [0, 0.1) is 5.41 Å². The number of aliphatic imine (C=N–C) groups is 1. The van der Waals surface area contributed by atoms with E-state index in [4.69, 9.17) is 9.47 Å². The van der Waals surface area contributed by atoms with E-state index in [-0.39, 0.29) is 36.0 Å². The topological polar surface area (TPSA) is 66.4 Å². The number of ether oxygens (including phenoxy) is 2. The van der Waals surface area contributed by atoms with Crippen molar-refractivity contribution in [2.24, 2.45) is 10.4 Å². The molecule has 166 valence electrons. The highest BCUT2D eigenvalue weighted by molar-refractivity contribution is 14.0. The quantitative estimate of drug-likeness (QED) is 0.350. The molecule has 0 aromatic carbocycles. The highest BCUT2D eigenvalue weighted by Crippen LogP contribution is 2.54. The Morgan fingerprint density at radius 3 is 2.45 bits per heavy atom. The zero-order valence-corrected chi connectivity index (χ0v) is 20.2. The fourth-order valence-electron chi connectivity index (χ4n) is 5.66. The molecule has 0 radical (unpaired) electrons. The Balaban J connectivity index is 0.00000240. The second-order valence-electron chi connectivity index (χ2n) is 8.68. The number of piperazine rings is 1. The van der Waals surface area contributed by atoms with Crippen molar-refractivity contribution in [1.29, 1.82) is 0 Å². The molecule has 2 aliphatic heterocycles. The fourth-order valence-corrected chi connectivity index (χ4v) is 5.66. The van der Waals surface area contributed by atoms with Crippen molar-refractivity contribution in [1.82, 2.24) is 15.1 Å². The minimum Gasteiger partial charge on any atom is -0.378 e. The molecule has 8 heteroatoms. The summed E-state index contributed by atoms with van der Waals surface area (Å²) in [7, 11) is 1.87. The Labute approximate surface area is 192 Å². The van der Waals surface area contributed by atoms with Gasteiger partial charge in [0.2, 0.25) is 0 Å². The highest BCUT2D eigenvalue weighted by Gasteiger charge is 2.57. The van der Waals surface area contributed by atoms with Crippen molar-refractivity contribution in [3.63, 3.8) is 0 Å². The molecule has 29 heavy (non-hydrogen) atoms. The van der Waals surface area contributed by atoms with Gasteiger partial charge in [0.15, 0.2) is 5.96 Å². The average Bonchev–Trinajstić information content (AvgIpc) is 3.43. The largest absolute Gasteiger partial charge is 0.378 e. The van der Waals surface area contributed by atoms with Crippen LogP contribution in [0.15, 0.2) is 4.99 Å². The standard InChI is InChI=1S/C21H36N4O3.HI/c1-3-27-18-15-17(21(18)8-4-5-9-21)23-20(22-2)25-12-10-24(11-13-25)19(26)16-7-6-14-28-16;/h16-18H,3-15H2,1-2H3,(H,22,23);1H. The number of amides is 1. The van der Waals surface area contributed by atoms with Crippen LogP contribution in [0.2, 0.25) is 0 Å². The Hall–Kier alpha value is -0.610. The lowest BCUT2D eigenvalue weighted by molar-refractivity contribution is -0.142. The Bertz CT molecular complexity index is 582. The zero-order chi connectivity index (χ0) is 19.6. The molecule has 3 atom stereocenters. The van der Waals surface area contributed by atoms with Gasteiger partial charge < -0.3 is 24.6 Å². The maximum Gasteiger partial charge on any atom is 0.251 e. The molecule has 1 spiro atoms. The number of carbonyl (C=O) groups is 1. The molecule has 2 saturated carbocycles. The van der Waals surface area contributed by atoms with Crippen molar-refractivity contribution < 1.29 is 14.3 Å². The summed E-state index contributed by atoms with van der Waals surface area (Å²) in [6, 6.07) is 0.455. The van der Waals surface area contributed by atoms with Crippen LogP contribution in [0.25, 0.3) is 0 Å². The molecular formula is C21H37IN4O3. The number of halogens is 1. The van der Waals surface area contributed by atoms with Crippen LogP contribution < -0.4 is 5.32 Å². The van der Waals surface area contributed by atoms with Gasteiger partial charge in [0.05, 0.1) is 6.10 Å². The number of nitrogens with one attached hydrogen (secondary N) is 1. The van der Waals surface area contributed by atoms with E-state index in [1.54, 1.807) is 0 Å². The van der Waals surface area contributed by atoms with Gasteiger partial charge in [0.1, 0.15) is 6.10 Å². The minimum atomic E-state index is -0.211. The second kappa shape index (κ2) is 10.1. The number of nitrogens with zero attached hydrogens (tertiary/aromatic N) is 3. The average molecular weight is 520 g/mol. The molecule has 0 aromatic heterocycles. The maximum atomic E-state index is 12.6. The molecule has 3 unspecified atom stereocenters. The van der Waals surface area contributed by atoms with Crippen molar-refractivity contribution in [2.45, 2.75) is 70.1 Å². The first-order chi connectivity index (χ1) is 13.7. The van der Waals surface area contributed by atoms with Crippen LogP contribution >= 0.6 is 24.0 Å². The van der Waals surface area contributed by atoms with Crippen molar-refractivity contribution >= 4 is 35.8 Å². The fraction of sp³-hybridized carbons (Fsp3) is 0.905. The molecule has 4 fully saturated rings. The smallest absolute Gasteiger partial charge is 0.251 e. The minimum absolute atomic E-state index is 0.